The molecule has 0 unspecified atom stereocenters. The molecule has 1 aliphatic rings. The first-order valence-corrected chi connectivity index (χ1v) is 6.69. The van der Waals surface area contributed by atoms with Crippen molar-refractivity contribution in [3.05, 3.63) is 23.3 Å². The molecule has 0 atom stereocenters. The van der Waals surface area contributed by atoms with Gasteiger partial charge in [-0.1, -0.05) is 33.1 Å². The lowest BCUT2D eigenvalue weighted by Crippen LogP contribution is -2.11. The van der Waals surface area contributed by atoms with Gasteiger partial charge in [-0.25, -0.2) is 0 Å². The largest absolute Gasteiger partial charge is 0.257 e. The van der Waals surface area contributed by atoms with Crippen molar-refractivity contribution in [1.29, 1.82) is 0 Å². The standard InChI is InChI=1S/C14H22N2/c1-3-12-10-15-14(13(4-2)16-12)11-8-6-5-7-9-11/h10-11H,3-9H2,1-2H3. The molecule has 0 aromatic carbocycles. The third-order valence-electron chi connectivity index (χ3n) is 3.62. The Balaban J connectivity index is 2.24. The molecular formula is C14H22N2. The smallest absolute Gasteiger partial charge is 0.0649 e. The van der Waals surface area contributed by atoms with Crippen LogP contribution in [0.25, 0.3) is 0 Å². The van der Waals surface area contributed by atoms with E-state index in [-0.39, 0.29) is 0 Å². The third-order valence-corrected chi connectivity index (χ3v) is 3.62. The zero-order chi connectivity index (χ0) is 11.4. The maximum absolute atomic E-state index is 4.72. The highest BCUT2D eigenvalue weighted by molar-refractivity contribution is 5.19. The van der Waals surface area contributed by atoms with Gasteiger partial charge in [0.25, 0.3) is 0 Å². The first-order valence-electron chi connectivity index (χ1n) is 6.69. The lowest BCUT2D eigenvalue weighted by atomic mass is 9.85. The molecule has 1 saturated carbocycles. The molecule has 0 aliphatic heterocycles. The van der Waals surface area contributed by atoms with Crippen molar-refractivity contribution >= 4 is 0 Å². The molecule has 2 heteroatoms. The molecule has 2 nitrogen and oxygen atoms in total. The second kappa shape index (κ2) is 5.42. The summed E-state index contributed by atoms with van der Waals surface area (Å²) in [4.78, 5) is 9.40. The summed E-state index contributed by atoms with van der Waals surface area (Å²) < 4.78 is 0. The second-order valence-corrected chi connectivity index (χ2v) is 4.74. The van der Waals surface area contributed by atoms with Gasteiger partial charge in [-0.05, 0) is 25.7 Å². The van der Waals surface area contributed by atoms with Crippen LogP contribution >= 0.6 is 0 Å². The predicted molar refractivity (Wildman–Crippen MR) is 66.6 cm³/mol. The number of rotatable bonds is 3. The summed E-state index contributed by atoms with van der Waals surface area (Å²) in [5.41, 5.74) is 3.67. The van der Waals surface area contributed by atoms with E-state index in [1.165, 1.54) is 43.5 Å². The molecule has 1 aliphatic carbocycles. The molecule has 1 aromatic heterocycles. The van der Waals surface area contributed by atoms with Gasteiger partial charge in [0.2, 0.25) is 0 Å². The van der Waals surface area contributed by atoms with E-state index in [9.17, 15) is 0 Å². The van der Waals surface area contributed by atoms with E-state index in [0.717, 1.165) is 18.5 Å². The molecule has 0 N–H and O–H groups in total. The summed E-state index contributed by atoms with van der Waals surface area (Å²) in [5, 5.41) is 0. The maximum Gasteiger partial charge on any atom is 0.0649 e. The summed E-state index contributed by atoms with van der Waals surface area (Å²) in [7, 11) is 0. The second-order valence-electron chi connectivity index (χ2n) is 4.74. The van der Waals surface area contributed by atoms with E-state index in [0.29, 0.717) is 5.92 Å². The van der Waals surface area contributed by atoms with E-state index in [1.54, 1.807) is 0 Å². The summed E-state index contributed by atoms with van der Waals surface area (Å²) in [6.07, 6.45) is 10.7. The molecular weight excluding hydrogens is 196 g/mol. The van der Waals surface area contributed by atoms with Gasteiger partial charge in [-0.3, -0.25) is 9.97 Å². The average molecular weight is 218 g/mol. The zero-order valence-corrected chi connectivity index (χ0v) is 10.5. The molecule has 16 heavy (non-hydrogen) atoms. The predicted octanol–water partition coefficient (Wildman–Crippen LogP) is 3.65. The van der Waals surface area contributed by atoms with E-state index in [4.69, 9.17) is 4.98 Å². The summed E-state index contributed by atoms with van der Waals surface area (Å²) in [6.45, 7) is 4.33. The lowest BCUT2D eigenvalue weighted by molar-refractivity contribution is 0.432. The van der Waals surface area contributed by atoms with Gasteiger partial charge in [0, 0.05) is 12.1 Å². The van der Waals surface area contributed by atoms with Crippen LogP contribution < -0.4 is 0 Å². The topological polar surface area (TPSA) is 25.8 Å². The maximum atomic E-state index is 4.72. The molecule has 0 bridgehead atoms. The van der Waals surface area contributed by atoms with Crippen molar-refractivity contribution < 1.29 is 0 Å². The molecule has 88 valence electrons. The van der Waals surface area contributed by atoms with Crippen LogP contribution in [0, 0.1) is 0 Å². The highest BCUT2D eigenvalue weighted by Gasteiger charge is 2.20. The quantitative estimate of drug-likeness (QED) is 0.774. The van der Waals surface area contributed by atoms with Crippen LogP contribution in [0.3, 0.4) is 0 Å². The molecule has 1 fully saturated rings. The van der Waals surface area contributed by atoms with Crippen molar-refractivity contribution in [2.24, 2.45) is 0 Å². The van der Waals surface area contributed by atoms with Crippen LogP contribution in [-0.4, -0.2) is 9.97 Å². The van der Waals surface area contributed by atoms with Gasteiger partial charge in [-0.15, -0.1) is 0 Å². The van der Waals surface area contributed by atoms with Gasteiger partial charge in [0.05, 0.1) is 17.1 Å². The van der Waals surface area contributed by atoms with Crippen LogP contribution in [0.2, 0.25) is 0 Å². The van der Waals surface area contributed by atoms with Gasteiger partial charge < -0.3 is 0 Å². The molecule has 1 heterocycles. The van der Waals surface area contributed by atoms with Crippen LogP contribution in [0.4, 0.5) is 0 Å². The summed E-state index contributed by atoms with van der Waals surface area (Å²) in [5.74, 6) is 0.683. The van der Waals surface area contributed by atoms with E-state index in [1.807, 2.05) is 6.20 Å². The normalized spacial score (nSPS) is 17.6. The Morgan fingerprint density at radius 1 is 1.12 bits per heavy atom. The van der Waals surface area contributed by atoms with Crippen LogP contribution in [0.15, 0.2) is 6.20 Å². The molecule has 0 amide bonds. The van der Waals surface area contributed by atoms with Gasteiger partial charge in [0.15, 0.2) is 0 Å². The van der Waals surface area contributed by atoms with Crippen molar-refractivity contribution in [2.45, 2.75) is 64.7 Å². The Hall–Kier alpha value is -0.920. The van der Waals surface area contributed by atoms with E-state index < -0.39 is 0 Å². The number of hydrogen-bond donors (Lipinski definition) is 0. The van der Waals surface area contributed by atoms with E-state index in [2.05, 4.69) is 18.8 Å². The molecule has 0 saturated heterocycles. The summed E-state index contributed by atoms with van der Waals surface area (Å²) >= 11 is 0. The first kappa shape index (κ1) is 11.6. The highest BCUT2D eigenvalue weighted by atomic mass is 14.8. The van der Waals surface area contributed by atoms with Gasteiger partial charge >= 0.3 is 0 Å². The first-order chi connectivity index (χ1) is 7.85. The average Bonchev–Trinajstić information content (AvgIpc) is 2.39. The fourth-order valence-electron chi connectivity index (χ4n) is 2.63. The minimum Gasteiger partial charge on any atom is -0.257 e. The Bertz CT molecular complexity index is 341. The lowest BCUT2D eigenvalue weighted by Gasteiger charge is -2.22. The number of nitrogens with zero attached hydrogens (tertiary/aromatic N) is 2. The van der Waals surface area contributed by atoms with Crippen molar-refractivity contribution in [1.82, 2.24) is 9.97 Å². The highest BCUT2D eigenvalue weighted by Crippen LogP contribution is 2.32. The van der Waals surface area contributed by atoms with Crippen molar-refractivity contribution in [3.8, 4) is 0 Å². The van der Waals surface area contributed by atoms with E-state index >= 15 is 0 Å². The molecule has 0 spiro atoms. The zero-order valence-electron chi connectivity index (χ0n) is 10.5. The number of hydrogen-bond acceptors (Lipinski definition) is 2. The van der Waals surface area contributed by atoms with Gasteiger partial charge in [0.1, 0.15) is 0 Å². The summed E-state index contributed by atoms with van der Waals surface area (Å²) in [6, 6.07) is 0. The minimum absolute atomic E-state index is 0.683. The third kappa shape index (κ3) is 2.42. The van der Waals surface area contributed by atoms with Crippen LogP contribution in [0.5, 0.6) is 0 Å². The molecule has 2 rings (SSSR count). The Kier molecular flexibility index (Phi) is 3.92. The fraction of sp³-hybridized carbons (Fsp3) is 0.714. The number of aryl methyl sites for hydroxylation is 2. The van der Waals surface area contributed by atoms with Crippen molar-refractivity contribution in [2.75, 3.05) is 0 Å². The number of aromatic nitrogens is 2. The molecule has 0 radical (unpaired) electrons. The van der Waals surface area contributed by atoms with Gasteiger partial charge in [-0.2, -0.15) is 0 Å². The minimum atomic E-state index is 0.683. The molecule has 1 aromatic rings. The Morgan fingerprint density at radius 3 is 2.50 bits per heavy atom. The fourth-order valence-corrected chi connectivity index (χ4v) is 2.63. The van der Waals surface area contributed by atoms with Crippen LogP contribution in [-0.2, 0) is 12.8 Å². The Labute approximate surface area is 98.5 Å². The monoisotopic (exact) mass is 218 g/mol. The van der Waals surface area contributed by atoms with Crippen molar-refractivity contribution in [3.63, 3.8) is 0 Å². The van der Waals surface area contributed by atoms with Crippen LogP contribution in [0.1, 0.15) is 69.0 Å². The Morgan fingerprint density at radius 2 is 1.88 bits per heavy atom. The SMILES string of the molecule is CCc1cnc(C2CCCCC2)c(CC)n1.